The molecule has 1 saturated heterocycles. The topological polar surface area (TPSA) is 67.2 Å². The largest absolute Gasteiger partial charge is 0.354 e. The number of carbonyl (C=O) groups excluding carboxylic acids is 2. The molecule has 3 heterocycles. The minimum atomic E-state index is -0.368. The maximum atomic E-state index is 12.7. The summed E-state index contributed by atoms with van der Waals surface area (Å²) in [5, 5.41) is 9.41. The highest BCUT2D eigenvalue weighted by molar-refractivity contribution is 7.12. The lowest BCUT2D eigenvalue weighted by molar-refractivity contribution is -0.124. The van der Waals surface area contributed by atoms with Crippen molar-refractivity contribution in [3.05, 3.63) is 69.7 Å². The van der Waals surface area contributed by atoms with E-state index in [0.29, 0.717) is 18.0 Å². The fraction of sp³-hybridized carbons (Fsp3) is 0.348. The van der Waals surface area contributed by atoms with Crippen molar-refractivity contribution in [1.29, 1.82) is 0 Å². The lowest BCUT2D eigenvalue weighted by Crippen LogP contribution is -2.46. The van der Waals surface area contributed by atoms with Crippen LogP contribution in [0.1, 0.15) is 39.5 Å². The lowest BCUT2D eigenvalue weighted by Gasteiger charge is -2.23. The van der Waals surface area contributed by atoms with Crippen LogP contribution in [0.3, 0.4) is 0 Å². The van der Waals surface area contributed by atoms with Crippen molar-refractivity contribution in [2.45, 2.75) is 39.2 Å². The van der Waals surface area contributed by atoms with Gasteiger partial charge >= 0.3 is 0 Å². The molecule has 0 bridgehead atoms. The first-order valence-corrected chi connectivity index (χ1v) is 11.2. The fourth-order valence-corrected chi connectivity index (χ4v) is 4.65. The highest BCUT2D eigenvalue weighted by Gasteiger charge is 2.34. The first kappa shape index (κ1) is 20.3. The minimum Gasteiger partial charge on any atom is -0.354 e. The molecule has 0 spiro atoms. The molecule has 6 nitrogen and oxygen atoms in total. The second-order valence-corrected chi connectivity index (χ2v) is 8.63. The molecule has 4 rings (SSSR count). The van der Waals surface area contributed by atoms with Crippen LogP contribution in [0.4, 0.5) is 0 Å². The number of amides is 2. The number of nitrogens with zero attached hydrogens (tertiary/aromatic N) is 3. The summed E-state index contributed by atoms with van der Waals surface area (Å²) in [5.74, 6) is -0.0981. The number of benzene rings is 1. The van der Waals surface area contributed by atoms with Gasteiger partial charge in [0, 0.05) is 18.8 Å². The zero-order valence-electron chi connectivity index (χ0n) is 17.3. The van der Waals surface area contributed by atoms with Gasteiger partial charge in [-0.2, -0.15) is 5.10 Å². The molecule has 3 aromatic rings. The van der Waals surface area contributed by atoms with Crippen LogP contribution in [0.15, 0.2) is 47.8 Å². The quantitative estimate of drug-likeness (QED) is 0.661. The Morgan fingerprint density at radius 2 is 2.00 bits per heavy atom. The van der Waals surface area contributed by atoms with E-state index in [4.69, 9.17) is 0 Å². The monoisotopic (exact) mass is 422 g/mol. The Kier molecular flexibility index (Phi) is 5.99. The highest BCUT2D eigenvalue weighted by Crippen LogP contribution is 2.22. The summed E-state index contributed by atoms with van der Waals surface area (Å²) in [7, 11) is 0. The van der Waals surface area contributed by atoms with Gasteiger partial charge in [-0.05, 0) is 68.3 Å². The summed E-state index contributed by atoms with van der Waals surface area (Å²) in [6.45, 7) is 5.22. The number of hydrogen-bond donors (Lipinski definition) is 1. The number of carbonyl (C=O) groups is 2. The molecule has 0 saturated carbocycles. The van der Waals surface area contributed by atoms with Crippen LogP contribution < -0.4 is 5.32 Å². The summed E-state index contributed by atoms with van der Waals surface area (Å²) in [4.78, 5) is 27.7. The van der Waals surface area contributed by atoms with E-state index in [2.05, 4.69) is 40.7 Å². The normalized spacial score (nSPS) is 16.1. The summed E-state index contributed by atoms with van der Waals surface area (Å²) >= 11 is 1.42. The predicted octanol–water partition coefficient (Wildman–Crippen LogP) is 3.51. The van der Waals surface area contributed by atoms with Crippen molar-refractivity contribution >= 4 is 23.2 Å². The number of aryl methyl sites for hydroxylation is 2. The van der Waals surface area contributed by atoms with Gasteiger partial charge in [-0.15, -0.1) is 11.3 Å². The van der Waals surface area contributed by atoms with Crippen LogP contribution >= 0.6 is 11.3 Å². The molecule has 0 unspecified atom stereocenters. The van der Waals surface area contributed by atoms with E-state index in [0.717, 1.165) is 41.9 Å². The zero-order chi connectivity index (χ0) is 21.1. The lowest BCUT2D eigenvalue weighted by atomic mass is 10.1. The molecule has 2 aromatic heterocycles. The molecular formula is C23H26N4O2S. The van der Waals surface area contributed by atoms with Crippen molar-refractivity contribution in [3.63, 3.8) is 0 Å². The number of hydrogen-bond acceptors (Lipinski definition) is 4. The van der Waals surface area contributed by atoms with Gasteiger partial charge in [0.15, 0.2) is 0 Å². The van der Waals surface area contributed by atoms with Gasteiger partial charge in [-0.3, -0.25) is 9.59 Å². The number of aromatic nitrogens is 2. The first-order chi connectivity index (χ1) is 14.5. The van der Waals surface area contributed by atoms with Crippen molar-refractivity contribution in [3.8, 4) is 5.69 Å². The van der Waals surface area contributed by atoms with Gasteiger partial charge in [0.05, 0.1) is 16.3 Å². The van der Waals surface area contributed by atoms with Gasteiger partial charge in [-0.25, -0.2) is 4.68 Å². The standard InChI is InChI=1S/C23H26N4O2S/c1-16-15-17(2)27(25-16)19-9-7-18(8-10-19)11-12-24-22(28)20-5-3-13-26(20)23(29)21-6-4-14-30-21/h4,6-10,14-15,20H,3,5,11-13H2,1-2H3,(H,24,28)/t20-/m0/s1. The summed E-state index contributed by atoms with van der Waals surface area (Å²) in [6.07, 6.45) is 2.33. The van der Waals surface area contributed by atoms with Gasteiger partial charge < -0.3 is 10.2 Å². The number of likely N-dealkylation sites (tertiary alicyclic amines) is 1. The van der Waals surface area contributed by atoms with Crippen molar-refractivity contribution in [1.82, 2.24) is 20.0 Å². The van der Waals surface area contributed by atoms with E-state index in [1.807, 2.05) is 36.0 Å². The van der Waals surface area contributed by atoms with Gasteiger partial charge in [0.1, 0.15) is 6.04 Å². The smallest absolute Gasteiger partial charge is 0.264 e. The van der Waals surface area contributed by atoms with Gasteiger partial charge in [-0.1, -0.05) is 18.2 Å². The maximum Gasteiger partial charge on any atom is 0.264 e. The Morgan fingerprint density at radius 1 is 1.20 bits per heavy atom. The maximum absolute atomic E-state index is 12.7. The van der Waals surface area contributed by atoms with Crippen molar-refractivity contribution in [2.75, 3.05) is 13.1 Å². The summed E-state index contributed by atoms with van der Waals surface area (Å²) in [6, 6.07) is 13.6. The molecule has 0 radical (unpaired) electrons. The molecule has 1 fully saturated rings. The molecule has 30 heavy (non-hydrogen) atoms. The fourth-order valence-electron chi connectivity index (χ4n) is 3.97. The molecule has 7 heteroatoms. The predicted molar refractivity (Wildman–Crippen MR) is 118 cm³/mol. The molecule has 1 aliphatic rings. The van der Waals surface area contributed by atoms with Crippen molar-refractivity contribution in [2.24, 2.45) is 0 Å². The molecule has 1 N–H and O–H groups in total. The van der Waals surface area contributed by atoms with E-state index in [1.54, 1.807) is 4.90 Å². The van der Waals surface area contributed by atoms with Crippen LogP contribution in [0.5, 0.6) is 0 Å². The zero-order valence-corrected chi connectivity index (χ0v) is 18.1. The van der Waals surface area contributed by atoms with E-state index in [9.17, 15) is 9.59 Å². The Morgan fingerprint density at radius 3 is 2.67 bits per heavy atom. The minimum absolute atomic E-state index is 0.0395. The molecule has 1 aliphatic heterocycles. The van der Waals surface area contributed by atoms with E-state index in [1.165, 1.54) is 11.3 Å². The van der Waals surface area contributed by atoms with Gasteiger partial charge in [0.25, 0.3) is 5.91 Å². The van der Waals surface area contributed by atoms with Gasteiger partial charge in [0.2, 0.25) is 5.91 Å². The molecule has 2 amide bonds. The van der Waals surface area contributed by atoms with Crippen LogP contribution in [-0.2, 0) is 11.2 Å². The van der Waals surface area contributed by atoms with Crippen LogP contribution in [-0.4, -0.2) is 45.6 Å². The Bertz CT molecular complexity index is 1020. The second kappa shape index (κ2) is 8.83. The van der Waals surface area contributed by atoms with E-state index < -0.39 is 0 Å². The molecule has 156 valence electrons. The van der Waals surface area contributed by atoms with E-state index >= 15 is 0 Å². The Hall–Kier alpha value is -2.93. The highest BCUT2D eigenvalue weighted by atomic mass is 32.1. The summed E-state index contributed by atoms with van der Waals surface area (Å²) in [5.41, 5.74) is 4.28. The van der Waals surface area contributed by atoms with Crippen molar-refractivity contribution < 1.29 is 9.59 Å². The third-order valence-electron chi connectivity index (χ3n) is 5.45. The summed E-state index contributed by atoms with van der Waals surface area (Å²) < 4.78 is 1.93. The SMILES string of the molecule is Cc1cc(C)n(-c2ccc(CCNC(=O)[C@@H]3CCCN3C(=O)c3cccs3)cc2)n1. The number of rotatable bonds is 6. The number of nitrogens with one attached hydrogen (secondary N) is 1. The van der Waals surface area contributed by atoms with Crippen LogP contribution in [0, 0.1) is 13.8 Å². The molecular weight excluding hydrogens is 396 g/mol. The van der Waals surface area contributed by atoms with Crippen LogP contribution in [0.2, 0.25) is 0 Å². The van der Waals surface area contributed by atoms with E-state index in [-0.39, 0.29) is 17.9 Å². The average Bonchev–Trinajstić information content (AvgIpc) is 3.49. The number of thiophene rings is 1. The third kappa shape index (κ3) is 4.31. The molecule has 1 atom stereocenters. The third-order valence-corrected chi connectivity index (χ3v) is 6.31. The Labute approximate surface area is 180 Å². The van der Waals surface area contributed by atoms with Crippen LogP contribution in [0.25, 0.3) is 5.69 Å². The average molecular weight is 423 g/mol. The Balaban J connectivity index is 1.31. The molecule has 1 aromatic carbocycles. The second-order valence-electron chi connectivity index (χ2n) is 7.68. The molecule has 0 aliphatic carbocycles. The first-order valence-electron chi connectivity index (χ1n) is 10.3.